The van der Waals surface area contributed by atoms with Gasteiger partial charge in [0.2, 0.25) is 0 Å². The van der Waals surface area contributed by atoms with E-state index >= 15 is 0 Å². The number of rotatable bonds is 31. The molecule has 0 aliphatic rings. The zero-order valence-corrected chi connectivity index (χ0v) is 30.1. The molecule has 4 nitrogen and oxygen atoms in total. The summed E-state index contributed by atoms with van der Waals surface area (Å²) in [5, 5.41) is 0. The molecule has 0 heterocycles. The zero-order chi connectivity index (χ0) is 32.0. The highest BCUT2D eigenvalue weighted by Gasteiger charge is 2.20. The first-order chi connectivity index (χ1) is 20.7. The van der Waals surface area contributed by atoms with E-state index in [0.29, 0.717) is 18.8 Å². The van der Waals surface area contributed by atoms with Crippen LogP contribution in [0.5, 0.6) is 0 Å². The number of unbranched alkanes of at least 4 members (excludes halogenated alkanes) is 18. The molecule has 0 N–H and O–H groups in total. The molecular weight excluding hydrogens is 532 g/mol. The van der Waals surface area contributed by atoms with Gasteiger partial charge in [0, 0.05) is 12.8 Å². The summed E-state index contributed by atoms with van der Waals surface area (Å²) in [5.74, 6) is 0.366. The average Bonchev–Trinajstić information content (AvgIpc) is 2.94. The van der Waals surface area contributed by atoms with Crippen LogP contribution in [0.15, 0.2) is 0 Å². The fourth-order valence-electron chi connectivity index (χ4n) is 6.05. The minimum Gasteiger partial charge on any atom is -0.462 e. The lowest BCUT2D eigenvalue weighted by atomic mass is 9.91. The van der Waals surface area contributed by atoms with Gasteiger partial charge < -0.3 is 9.47 Å². The third kappa shape index (κ3) is 30.7. The van der Waals surface area contributed by atoms with Gasteiger partial charge in [0.1, 0.15) is 11.7 Å². The average molecular weight is 609 g/mol. The van der Waals surface area contributed by atoms with Gasteiger partial charge in [-0.25, -0.2) is 0 Å². The van der Waals surface area contributed by atoms with Crippen molar-refractivity contribution in [1.29, 1.82) is 0 Å². The molecule has 0 radical (unpaired) electrons. The van der Waals surface area contributed by atoms with Crippen molar-refractivity contribution >= 4 is 11.9 Å². The molecule has 4 heteroatoms. The Balaban J connectivity index is 4.40. The lowest BCUT2D eigenvalue weighted by molar-refractivity contribution is -0.156. The quantitative estimate of drug-likeness (QED) is 0.0580. The van der Waals surface area contributed by atoms with Gasteiger partial charge in [-0.05, 0) is 71.6 Å². The summed E-state index contributed by atoms with van der Waals surface area (Å²) >= 11 is 0. The second kappa shape index (κ2) is 29.6. The third-order valence-corrected chi connectivity index (χ3v) is 8.64. The summed E-state index contributed by atoms with van der Waals surface area (Å²) in [7, 11) is 0. The highest BCUT2D eigenvalue weighted by atomic mass is 16.6. The van der Waals surface area contributed by atoms with Crippen molar-refractivity contribution in [2.45, 2.75) is 233 Å². The maximum atomic E-state index is 12.7. The van der Waals surface area contributed by atoms with Crippen LogP contribution < -0.4 is 0 Å². The van der Waals surface area contributed by atoms with Crippen molar-refractivity contribution in [1.82, 2.24) is 0 Å². The minimum absolute atomic E-state index is 0.00427. The highest BCUT2D eigenvalue weighted by Crippen LogP contribution is 2.24. The molecule has 256 valence electrons. The molecule has 1 atom stereocenters. The number of carbonyl (C=O) groups is 2. The standard InChI is InChI=1S/C39H76O4/c1-7-10-13-16-17-18-21-24-29-35(34-38(41)43-39(4,5)6)30-25-22-23-28-33-37(40)42-36(31-26-19-14-11-8-2)32-27-20-15-12-9-3/h35-36H,7-34H2,1-6H3. The topological polar surface area (TPSA) is 52.6 Å². The van der Waals surface area contributed by atoms with Gasteiger partial charge in [-0.15, -0.1) is 0 Å². The van der Waals surface area contributed by atoms with Crippen molar-refractivity contribution in [3.05, 3.63) is 0 Å². The molecule has 0 amide bonds. The van der Waals surface area contributed by atoms with Gasteiger partial charge in [-0.2, -0.15) is 0 Å². The summed E-state index contributed by atoms with van der Waals surface area (Å²) in [4.78, 5) is 25.2. The van der Waals surface area contributed by atoms with Crippen molar-refractivity contribution in [3.8, 4) is 0 Å². The van der Waals surface area contributed by atoms with Gasteiger partial charge in [0.15, 0.2) is 0 Å². The van der Waals surface area contributed by atoms with E-state index in [2.05, 4.69) is 20.8 Å². The molecule has 0 aromatic heterocycles. The molecule has 0 aliphatic heterocycles. The monoisotopic (exact) mass is 609 g/mol. The van der Waals surface area contributed by atoms with Crippen LogP contribution in [-0.4, -0.2) is 23.6 Å². The van der Waals surface area contributed by atoms with Crippen molar-refractivity contribution in [2.24, 2.45) is 5.92 Å². The lowest BCUT2D eigenvalue weighted by Gasteiger charge is -2.22. The van der Waals surface area contributed by atoms with Crippen molar-refractivity contribution in [3.63, 3.8) is 0 Å². The Labute approximate surface area is 269 Å². The Bertz CT molecular complexity index is 609. The molecule has 0 rings (SSSR count). The molecule has 0 saturated carbocycles. The van der Waals surface area contributed by atoms with E-state index < -0.39 is 5.60 Å². The van der Waals surface area contributed by atoms with Gasteiger partial charge in [0.25, 0.3) is 0 Å². The van der Waals surface area contributed by atoms with E-state index in [-0.39, 0.29) is 18.0 Å². The molecule has 0 aromatic rings. The van der Waals surface area contributed by atoms with Gasteiger partial charge >= 0.3 is 11.9 Å². The Kier molecular flexibility index (Phi) is 28.9. The molecule has 1 unspecified atom stereocenters. The van der Waals surface area contributed by atoms with E-state index in [1.54, 1.807) is 0 Å². The smallest absolute Gasteiger partial charge is 0.306 e. The molecule has 43 heavy (non-hydrogen) atoms. The van der Waals surface area contributed by atoms with E-state index in [1.807, 2.05) is 20.8 Å². The molecule has 0 bridgehead atoms. The molecule has 0 fully saturated rings. The first-order valence-electron chi connectivity index (χ1n) is 19.1. The van der Waals surface area contributed by atoms with Crippen LogP contribution in [0.25, 0.3) is 0 Å². The van der Waals surface area contributed by atoms with Gasteiger partial charge in [0.05, 0.1) is 0 Å². The Hall–Kier alpha value is -1.06. The fourth-order valence-corrected chi connectivity index (χ4v) is 6.05. The van der Waals surface area contributed by atoms with E-state index in [9.17, 15) is 9.59 Å². The largest absolute Gasteiger partial charge is 0.462 e. The first-order valence-corrected chi connectivity index (χ1v) is 19.1. The van der Waals surface area contributed by atoms with Crippen LogP contribution in [0, 0.1) is 5.92 Å². The second-order valence-electron chi connectivity index (χ2n) is 14.4. The van der Waals surface area contributed by atoms with Crippen LogP contribution >= 0.6 is 0 Å². The second-order valence-corrected chi connectivity index (χ2v) is 14.4. The summed E-state index contributed by atoms with van der Waals surface area (Å²) in [6.45, 7) is 12.6. The van der Waals surface area contributed by atoms with Gasteiger partial charge in [-0.3, -0.25) is 9.59 Å². The minimum atomic E-state index is -0.419. The Morgan fingerprint density at radius 1 is 0.488 bits per heavy atom. The van der Waals surface area contributed by atoms with E-state index in [0.717, 1.165) is 51.4 Å². The summed E-state index contributed by atoms with van der Waals surface area (Å²) in [5.41, 5.74) is -0.419. The summed E-state index contributed by atoms with van der Waals surface area (Å²) < 4.78 is 11.6. The predicted octanol–water partition coefficient (Wildman–Crippen LogP) is 12.8. The Morgan fingerprint density at radius 3 is 1.28 bits per heavy atom. The number of esters is 2. The highest BCUT2D eigenvalue weighted by molar-refractivity contribution is 5.70. The Morgan fingerprint density at radius 2 is 0.860 bits per heavy atom. The van der Waals surface area contributed by atoms with Crippen molar-refractivity contribution < 1.29 is 19.1 Å². The summed E-state index contributed by atoms with van der Waals surface area (Å²) in [6.07, 6.45) is 32.8. The SMILES string of the molecule is CCCCCCCCCCC(CCCCCCC(=O)OC(CCCCCCC)CCCCCCC)CC(=O)OC(C)(C)C. The van der Waals surface area contributed by atoms with Crippen molar-refractivity contribution in [2.75, 3.05) is 0 Å². The van der Waals surface area contributed by atoms with Crippen LogP contribution in [0.4, 0.5) is 0 Å². The number of hydrogen-bond donors (Lipinski definition) is 0. The van der Waals surface area contributed by atoms with Crippen LogP contribution in [0.1, 0.15) is 221 Å². The zero-order valence-electron chi connectivity index (χ0n) is 30.1. The fraction of sp³-hybridized carbons (Fsp3) is 0.949. The maximum Gasteiger partial charge on any atom is 0.306 e. The molecule has 0 saturated heterocycles. The number of hydrogen-bond acceptors (Lipinski definition) is 4. The van der Waals surface area contributed by atoms with E-state index in [4.69, 9.17) is 9.47 Å². The summed E-state index contributed by atoms with van der Waals surface area (Å²) in [6, 6.07) is 0. The maximum absolute atomic E-state index is 12.7. The van der Waals surface area contributed by atoms with Crippen LogP contribution in [0.3, 0.4) is 0 Å². The number of carbonyl (C=O) groups excluding carboxylic acids is 2. The van der Waals surface area contributed by atoms with E-state index in [1.165, 1.54) is 116 Å². The molecular formula is C39H76O4. The first kappa shape index (κ1) is 41.9. The molecule has 0 aliphatic carbocycles. The molecule has 0 aromatic carbocycles. The van der Waals surface area contributed by atoms with Crippen LogP contribution in [0.2, 0.25) is 0 Å². The predicted molar refractivity (Wildman–Crippen MR) is 186 cm³/mol. The lowest BCUT2D eigenvalue weighted by Crippen LogP contribution is -2.25. The van der Waals surface area contributed by atoms with Crippen LogP contribution in [-0.2, 0) is 19.1 Å². The third-order valence-electron chi connectivity index (χ3n) is 8.64. The molecule has 0 spiro atoms. The van der Waals surface area contributed by atoms with Gasteiger partial charge in [-0.1, -0.05) is 143 Å². The normalized spacial score (nSPS) is 12.5. The number of ether oxygens (including phenoxy) is 2.